The van der Waals surface area contributed by atoms with Crippen LogP contribution in [0.25, 0.3) is 0 Å². The molecule has 18 nitrogen and oxygen atoms in total. The first kappa shape index (κ1) is 90.0. The van der Waals surface area contributed by atoms with Gasteiger partial charge < -0.3 is 30.8 Å². The number of hydroxylamine groups is 2. The molecule has 4 heterocycles. The molecule has 0 bridgehead atoms. The molecule has 0 N–H and O–H groups in total. The van der Waals surface area contributed by atoms with Gasteiger partial charge in [-0.1, -0.05) is 0 Å². The van der Waals surface area contributed by atoms with Crippen molar-refractivity contribution in [2.75, 3.05) is 0 Å². The fraction of sp³-hybridized carbons (Fsp3) is 0.455. The SMILES string of the molecule is CC1(C)[N+](=O)C(c2cccnc2Br)=[N+]([O-])C1(C)C.CC1(C)[N+](=O)C(c2cccnc2Br)=[N+]([O-])C1(C)C.O=C(/C=C(\[O-])C(F)(F)F)C(F)(F)F.O=C(/C=C(\[O-])C(F)(F)F)C(F)(F)F.O=C(/C=C(\[O-])C(F)(F)F)C(F)(F)F.O=C(/C=C(\[O-])C(F)(F)F)C(F)(F)F.[Cu+].[Cu+]. The summed E-state index contributed by atoms with van der Waals surface area (Å²) >= 11 is 6.55. The quantitative estimate of drug-likeness (QED) is 0.0498. The maximum absolute atomic E-state index is 12.4. The number of amidine groups is 2. The number of rotatable bonds is 6. The van der Waals surface area contributed by atoms with Crippen molar-refractivity contribution in [3.63, 3.8) is 0 Å². The summed E-state index contributed by atoms with van der Waals surface area (Å²) in [6, 6.07) is 6.82. The van der Waals surface area contributed by atoms with Crippen LogP contribution in [-0.2, 0) is 53.3 Å². The molecule has 0 saturated heterocycles. The minimum atomic E-state index is -5.46. The second-order valence-corrected chi connectivity index (χ2v) is 19.7. The second-order valence-electron chi connectivity index (χ2n) is 18.2. The molecule has 0 aliphatic carbocycles. The van der Waals surface area contributed by atoms with Crippen LogP contribution >= 0.6 is 31.9 Å². The first-order valence-corrected chi connectivity index (χ1v) is 23.3. The Balaban J connectivity index is -0.000000495. The molecule has 2 aliphatic heterocycles. The van der Waals surface area contributed by atoms with Gasteiger partial charge in [-0.3, -0.25) is 19.2 Å². The summed E-state index contributed by atoms with van der Waals surface area (Å²) in [6.07, 6.45) is -44.6. The van der Waals surface area contributed by atoms with Crippen LogP contribution in [-0.4, -0.2) is 135 Å². The molecular formula is C44H34Br2Cu2F24N6O12. The largest absolute Gasteiger partial charge is 1.00 e. The second kappa shape index (κ2) is 31.8. The summed E-state index contributed by atoms with van der Waals surface area (Å²) in [5, 5.41) is 64.1. The van der Waals surface area contributed by atoms with Gasteiger partial charge in [-0.05, 0) is 103 Å². The molecule has 2 aliphatic rings. The summed E-state index contributed by atoms with van der Waals surface area (Å²) in [5.74, 6) is -22.4. The minimum Gasteiger partial charge on any atom is -0.869 e. The van der Waals surface area contributed by atoms with E-state index in [9.17, 15) is 165 Å². The smallest absolute Gasteiger partial charge is 0.869 e. The Morgan fingerprint density at radius 2 is 0.567 bits per heavy atom. The maximum atomic E-state index is 12.4. The van der Waals surface area contributed by atoms with Gasteiger partial charge in [0.1, 0.15) is 18.7 Å². The van der Waals surface area contributed by atoms with Gasteiger partial charge in [-0.25, -0.2) is 9.97 Å². The van der Waals surface area contributed by atoms with Crippen molar-refractivity contribution >= 4 is 66.7 Å². The molecule has 0 radical (unpaired) electrons. The van der Waals surface area contributed by atoms with Gasteiger partial charge in [0.2, 0.25) is 11.1 Å². The number of carbonyl (C=O) groups excluding carboxylic acids is 4. The van der Waals surface area contributed by atoms with E-state index in [1.807, 2.05) is 0 Å². The Labute approximate surface area is 524 Å². The number of hydrogen-bond acceptors (Lipinski definition) is 14. The van der Waals surface area contributed by atoms with Crippen molar-refractivity contribution in [2.45, 2.75) is 127 Å². The van der Waals surface area contributed by atoms with Crippen LogP contribution in [0.3, 0.4) is 0 Å². The number of halogens is 26. The van der Waals surface area contributed by atoms with Gasteiger partial charge in [-0.2, -0.15) is 105 Å². The van der Waals surface area contributed by atoms with E-state index in [0.717, 1.165) is 19.0 Å². The zero-order chi connectivity index (χ0) is 70.9. The van der Waals surface area contributed by atoms with Gasteiger partial charge in [0.25, 0.3) is 34.2 Å². The molecule has 0 aromatic carbocycles. The van der Waals surface area contributed by atoms with E-state index in [-0.39, 0.29) is 45.8 Å². The molecule has 90 heavy (non-hydrogen) atoms. The van der Waals surface area contributed by atoms with Gasteiger partial charge in [0, 0.05) is 77.6 Å². The molecular weight excluding hydrogens is 1550 g/mol. The maximum Gasteiger partial charge on any atom is 1.00 e. The van der Waals surface area contributed by atoms with Crippen molar-refractivity contribution in [3.8, 4) is 0 Å². The number of hydrogen-bond donors (Lipinski definition) is 0. The molecule has 46 heteroatoms. The normalized spacial score (nSPS) is 17.0. The van der Waals surface area contributed by atoms with Gasteiger partial charge in [0.15, 0.2) is 11.1 Å². The predicted octanol–water partition coefficient (Wildman–Crippen LogP) is 8.59. The Kier molecular flexibility index (Phi) is 31.8. The molecule has 4 rings (SSSR count). The van der Waals surface area contributed by atoms with E-state index < -0.39 is 142 Å². The summed E-state index contributed by atoms with van der Waals surface area (Å²) < 4.78 is 275. The zero-order valence-electron chi connectivity index (χ0n) is 44.8. The van der Waals surface area contributed by atoms with Crippen LogP contribution in [0.1, 0.15) is 66.5 Å². The average Bonchev–Trinajstić information content (AvgIpc) is 1.63. The number of nitroso groups, excluding NO2 is 2. The Bertz CT molecular complexity index is 2830. The molecule has 0 atom stereocenters. The number of allylic oxidation sites excluding steroid dienone is 8. The first-order chi connectivity index (χ1) is 38.6. The molecule has 0 amide bonds. The Morgan fingerprint density at radius 1 is 0.389 bits per heavy atom. The van der Waals surface area contributed by atoms with Gasteiger partial charge >= 0.3 is 95.2 Å². The summed E-state index contributed by atoms with van der Waals surface area (Å²) in [5.41, 5.74) is -2.19. The zero-order valence-corrected chi connectivity index (χ0v) is 49.8. The predicted molar refractivity (Wildman–Crippen MR) is 244 cm³/mol. The molecule has 0 unspecified atom stereocenters. The summed E-state index contributed by atoms with van der Waals surface area (Å²) in [7, 11) is 0. The van der Waals surface area contributed by atoms with E-state index in [1.165, 1.54) is 0 Å². The van der Waals surface area contributed by atoms with E-state index in [1.54, 1.807) is 92.0 Å². The topological polar surface area (TPSA) is 279 Å². The molecule has 2 aromatic heterocycles. The van der Waals surface area contributed by atoms with Crippen molar-refractivity contribution in [1.29, 1.82) is 0 Å². The fourth-order valence-corrected chi connectivity index (χ4v) is 5.75. The van der Waals surface area contributed by atoms with E-state index in [0.29, 0.717) is 20.3 Å². The van der Waals surface area contributed by atoms with Crippen LogP contribution in [0.5, 0.6) is 0 Å². The van der Waals surface area contributed by atoms with Crippen molar-refractivity contribution < 1.29 is 198 Å². The van der Waals surface area contributed by atoms with E-state index in [2.05, 4.69) is 41.8 Å². The molecule has 516 valence electrons. The monoisotopic (exact) mass is 1580 g/mol. The molecule has 2 aromatic rings. The van der Waals surface area contributed by atoms with Crippen LogP contribution in [0.4, 0.5) is 105 Å². The van der Waals surface area contributed by atoms with Gasteiger partial charge in [0.05, 0.1) is 0 Å². The number of carbonyl (C=O) groups is 4. The van der Waals surface area contributed by atoms with E-state index >= 15 is 0 Å². The number of ketones is 4. The van der Waals surface area contributed by atoms with Crippen molar-refractivity contribution in [1.82, 2.24) is 9.97 Å². The average molecular weight is 1580 g/mol. The number of aromatic nitrogens is 2. The summed E-state index contributed by atoms with van der Waals surface area (Å²) in [4.78, 5) is 72.2. The summed E-state index contributed by atoms with van der Waals surface area (Å²) in [6.45, 7) is 14.1. The van der Waals surface area contributed by atoms with Gasteiger partial charge in [-0.15, -0.1) is 9.48 Å². The van der Waals surface area contributed by atoms with E-state index in [4.69, 9.17) is 0 Å². The van der Waals surface area contributed by atoms with Crippen LogP contribution in [0.15, 0.2) is 93.2 Å². The molecule has 0 spiro atoms. The molecule has 0 fully saturated rings. The van der Waals surface area contributed by atoms with Crippen molar-refractivity contribution in [2.24, 2.45) is 0 Å². The third kappa shape index (κ3) is 25.0. The molecule has 0 saturated carbocycles. The van der Waals surface area contributed by atoms with Crippen LogP contribution < -0.4 is 20.4 Å². The van der Waals surface area contributed by atoms with Crippen LogP contribution in [0.2, 0.25) is 0 Å². The first-order valence-electron chi connectivity index (χ1n) is 21.7. The third-order valence-corrected chi connectivity index (χ3v) is 12.3. The fourth-order valence-electron chi connectivity index (χ4n) is 4.89. The number of alkyl halides is 24. The number of pyridine rings is 2. The Hall–Kier alpha value is -6.40. The minimum absolute atomic E-state index is 0. The number of nitrogens with zero attached hydrogens (tertiary/aromatic N) is 6. The van der Waals surface area contributed by atoms with Crippen molar-refractivity contribution in [3.05, 3.63) is 125 Å². The third-order valence-electron chi connectivity index (χ3n) is 11.1. The Morgan fingerprint density at radius 3 is 0.689 bits per heavy atom. The standard InChI is InChI=1S/2C12H15BrN3O2.4C5H2F6O2.2Cu/c2*1-11(2)12(3,4)16(18)10(15(11)17)8-6-5-7-14-9(8)13;4*6-4(7,8)2(12)1-3(13)5(9,10)11;;/h2*5-7H,1-4H3;4*1,12H;;/q2*+1;;;;;2*+1/p-4/b;;4*2-1-;;. The van der Waals surface area contributed by atoms with Crippen LogP contribution in [0, 0.1) is 20.2 Å².